The Morgan fingerprint density at radius 2 is 1.48 bits per heavy atom. The van der Waals surface area contributed by atoms with Gasteiger partial charge < -0.3 is 0 Å². The van der Waals surface area contributed by atoms with Gasteiger partial charge in [-0.2, -0.15) is 0 Å². The molecule has 1 fully saturated rings. The van der Waals surface area contributed by atoms with Gasteiger partial charge in [0.1, 0.15) is 0 Å². The van der Waals surface area contributed by atoms with Crippen molar-refractivity contribution in [2.24, 2.45) is 0 Å². The van der Waals surface area contributed by atoms with E-state index in [2.05, 4.69) is 77.7 Å². The Kier molecular flexibility index (Phi) is 4.86. The summed E-state index contributed by atoms with van der Waals surface area (Å²) < 4.78 is 0. The van der Waals surface area contributed by atoms with Crippen LogP contribution in [0.25, 0.3) is 6.08 Å². The average Bonchev–Trinajstić information content (AvgIpc) is 2.57. The van der Waals surface area contributed by atoms with Crippen molar-refractivity contribution in [3.8, 4) is 0 Å². The number of rotatable bonds is 4. The van der Waals surface area contributed by atoms with E-state index in [9.17, 15) is 0 Å². The summed E-state index contributed by atoms with van der Waals surface area (Å²) in [6.07, 6.45) is 7.08. The fourth-order valence-corrected chi connectivity index (χ4v) is 3.08. The maximum atomic E-state index is 2.55. The van der Waals surface area contributed by atoms with E-state index in [0.717, 1.165) is 12.5 Å². The highest BCUT2D eigenvalue weighted by Gasteiger charge is 2.19. The van der Waals surface area contributed by atoms with E-state index in [1.807, 2.05) is 0 Å². The minimum absolute atomic E-state index is 0.751. The summed E-state index contributed by atoms with van der Waals surface area (Å²) in [7, 11) is 0. The molecule has 0 amide bonds. The van der Waals surface area contributed by atoms with Gasteiger partial charge >= 0.3 is 0 Å². The molecule has 21 heavy (non-hydrogen) atoms. The van der Waals surface area contributed by atoms with Crippen LogP contribution in [0, 0.1) is 0 Å². The van der Waals surface area contributed by atoms with Crippen molar-refractivity contribution in [2.45, 2.75) is 18.8 Å². The van der Waals surface area contributed by atoms with Crippen LogP contribution in [0.1, 0.15) is 29.9 Å². The van der Waals surface area contributed by atoms with E-state index < -0.39 is 0 Å². The van der Waals surface area contributed by atoms with Crippen LogP contribution in [-0.2, 0) is 0 Å². The van der Waals surface area contributed by atoms with Crippen LogP contribution < -0.4 is 0 Å². The third kappa shape index (κ3) is 4.05. The SMILES string of the molecule is C(=Cc1ccccc1)CN1CCC(c2ccccc2)CC1. The first-order valence-corrected chi connectivity index (χ1v) is 7.91. The lowest BCUT2D eigenvalue weighted by atomic mass is 9.89. The molecule has 1 heterocycles. The second kappa shape index (κ2) is 7.24. The molecule has 0 radical (unpaired) electrons. The molecule has 1 aliphatic heterocycles. The monoisotopic (exact) mass is 277 g/mol. The highest BCUT2D eigenvalue weighted by molar-refractivity contribution is 5.48. The first-order valence-electron chi connectivity index (χ1n) is 7.91. The molecule has 3 rings (SSSR count). The number of hydrogen-bond donors (Lipinski definition) is 0. The highest BCUT2D eigenvalue weighted by Crippen LogP contribution is 2.27. The lowest BCUT2D eigenvalue weighted by Gasteiger charge is -2.31. The zero-order chi connectivity index (χ0) is 14.3. The summed E-state index contributed by atoms with van der Waals surface area (Å²) in [6, 6.07) is 21.5. The largest absolute Gasteiger partial charge is 0.300 e. The maximum Gasteiger partial charge on any atom is 0.0166 e. The van der Waals surface area contributed by atoms with Gasteiger partial charge in [0, 0.05) is 6.54 Å². The molecule has 0 bridgehead atoms. The summed E-state index contributed by atoms with van der Waals surface area (Å²) in [5, 5.41) is 0. The van der Waals surface area contributed by atoms with Crippen molar-refractivity contribution in [3.63, 3.8) is 0 Å². The van der Waals surface area contributed by atoms with Gasteiger partial charge in [-0.3, -0.25) is 4.90 Å². The molecule has 108 valence electrons. The van der Waals surface area contributed by atoms with Gasteiger partial charge in [-0.25, -0.2) is 0 Å². The Labute approximate surface area is 127 Å². The summed E-state index contributed by atoms with van der Waals surface area (Å²) >= 11 is 0. The molecule has 0 N–H and O–H groups in total. The molecule has 1 nitrogen and oxygen atoms in total. The molecule has 0 saturated carbocycles. The second-order valence-corrected chi connectivity index (χ2v) is 5.80. The minimum atomic E-state index is 0.751. The number of likely N-dealkylation sites (tertiary alicyclic amines) is 1. The first kappa shape index (κ1) is 14.1. The molecule has 0 aromatic heterocycles. The predicted molar refractivity (Wildman–Crippen MR) is 90.3 cm³/mol. The number of nitrogens with zero attached hydrogens (tertiary/aromatic N) is 1. The van der Waals surface area contributed by atoms with E-state index in [-0.39, 0.29) is 0 Å². The molecule has 1 aliphatic rings. The van der Waals surface area contributed by atoms with Gasteiger partial charge in [0.25, 0.3) is 0 Å². The van der Waals surface area contributed by atoms with Crippen LogP contribution in [0.15, 0.2) is 66.7 Å². The van der Waals surface area contributed by atoms with Gasteiger partial charge in [0.15, 0.2) is 0 Å². The molecule has 2 aromatic rings. The Balaban J connectivity index is 1.47. The van der Waals surface area contributed by atoms with Crippen molar-refractivity contribution in [2.75, 3.05) is 19.6 Å². The van der Waals surface area contributed by atoms with Gasteiger partial charge in [0.05, 0.1) is 0 Å². The van der Waals surface area contributed by atoms with Crippen LogP contribution >= 0.6 is 0 Å². The zero-order valence-electron chi connectivity index (χ0n) is 12.5. The molecule has 0 atom stereocenters. The van der Waals surface area contributed by atoms with Crippen molar-refractivity contribution in [1.29, 1.82) is 0 Å². The number of hydrogen-bond acceptors (Lipinski definition) is 1. The summed E-state index contributed by atoms with van der Waals surface area (Å²) in [4.78, 5) is 2.55. The maximum absolute atomic E-state index is 2.55. The van der Waals surface area contributed by atoms with Crippen LogP contribution in [0.4, 0.5) is 0 Å². The first-order chi connectivity index (χ1) is 10.4. The van der Waals surface area contributed by atoms with E-state index >= 15 is 0 Å². The van der Waals surface area contributed by atoms with Gasteiger partial charge in [-0.1, -0.05) is 72.8 Å². The summed E-state index contributed by atoms with van der Waals surface area (Å²) in [6.45, 7) is 3.48. The molecule has 1 saturated heterocycles. The zero-order valence-corrected chi connectivity index (χ0v) is 12.5. The van der Waals surface area contributed by atoms with E-state index in [0.29, 0.717) is 0 Å². The summed E-state index contributed by atoms with van der Waals surface area (Å²) in [5.74, 6) is 0.751. The van der Waals surface area contributed by atoms with Crippen LogP contribution in [0.2, 0.25) is 0 Å². The van der Waals surface area contributed by atoms with Gasteiger partial charge in [-0.15, -0.1) is 0 Å². The molecule has 2 aromatic carbocycles. The van der Waals surface area contributed by atoms with Crippen molar-refractivity contribution < 1.29 is 0 Å². The van der Waals surface area contributed by atoms with E-state index in [1.54, 1.807) is 0 Å². The fraction of sp³-hybridized carbons (Fsp3) is 0.300. The Bertz CT molecular complexity index is 551. The van der Waals surface area contributed by atoms with Crippen LogP contribution in [0.5, 0.6) is 0 Å². The molecule has 0 aliphatic carbocycles. The topological polar surface area (TPSA) is 3.24 Å². The standard InChI is InChI=1S/C20H23N/c1-3-8-18(9-4-1)10-7-15-21-16-13-20(14-17-21)19-11-5-2-6-12-19/h1-12,20H,13-17H2. The van der Waals surface area contributed by atoms with Crippen LogP contribution in [0.3, 0.4) is 0 Å². The second-order valence-electron chi connectivity index (χ2n) is 5.80. The van der Waals surface area contributed by atoms with Gasteiger partial charge in [-0.05, 0) is 43.0 Å². The average molecular weight is 277 g/mol. The predicted octanol–water partition coefficient (Wildman–Crippen LogP) is 4.58. The minimum Gasteiger partial charge on any atom is -0.300 e. The lowest BCUT2D eigenvalue weighted by Crippen LogP contribution is -2.32. The van der Waals surface area contributed by atoms with Crippen molar-refractivity contribution in [1.82, 2.24) is 4.90 Å². The third-order valence-corrected chi connectivity index (χ3v) is 4.33. The van der Waals surface area contributed by atoms with Gasteiger partial charge in [0.2, 0.25) is 0 Å². The fourth-order valence-electron chi connectivity index (χ4n) is 3.08. The molecular formula is C20H23N. The highest BCUT2D eigenvalue weighted by atomic mass is 15.1. The lowest BCUT2D eigenvalue weighted by molar-refractivity contribution is 0.233. The van der Waals surface area contributed by atoms with E-state index in [1.165, 1.54) is 37.1 Å². The smallest absolute Gasteiger partial charge is 0.0166 e. The molecule has 0 spiro atoms. The van der Waals surface area contributed by atoms with Crippen molar-refractivity contribution in [3.05, 3.63) is 77.9 Å². The molecule has 1 heteroatoms. The normalized spacial score (nSPS) is 17.3. The quantitative estimate of drug-likeness (QED) is 0.790. The Hall–Kier alpha value is -1.86. The van der Waals surface area contributed by atoms with Crippen LogP contribution in [-0.4, -0.2) is 24.5 Å². The Morgan fingerprint density at radius 3 is 2.14 bits per heavy atom. The molecule has 0 unspecified atom stereocenters. The third-order valence-electron chi connectivity index (χ3n) is 4.33. The molecular weight excluding hydrogens is 254 g/mol. The Morgan fingerprint density at radius 1 is 0.857 bits per heavy atom. The number of piperidine rings is 1. The number of benzene rings is 2. The van der Waals surface area contributed by atoms with Crippen molar-refractivity contribution >= 4 is 6.08 Å². The van der Waals surface area contributed by atoms with E-state index in [4.69, 9.17) is 0 Å². The summed E-state index contributed by atoms with van der Waals surface area (Å²) in [5.41, 5.74) is 2.80.